The second-order valence-electron chi connectivity index (χ2n) is 6.50. The summed E-state index contributed by atoms with van der Waals surface area (Å²) in [6, 6.07) is 10.1. The first-order valence-electron chi connectivity index (χ1n) is 8.66. The van der Waals surface area contributed by atoms with Crippen LogP contribution >= 0.6 is 0 Å². The zero-order valence-corrected chi connectivity index (χ0v) is 14.7. The van der Waals surface area contributed by atoms with Crippen LogP contribution in [0.2, 0.25) is 0 Å². The molecule has 0 saturated carbocycles. The van der Waals surface area contributed by atoms with Gasteiger partial charge >= 0.3 is 0 Å². The van der Waals surface area contributed by atoms with Crippen molar-refractivity contribution in [3.8, 4) is 0 Å². The third-order valence-electron chi connectivity index (χ3n) is 3.80. The zero-order chi connectivity index (χ0) is 17.6. The molecule has 132 valence electrons. The number of aromatic nitrogens is 5. The number of anilines is 1. The van der Waals surface area contributed by atoms with Crippen molar-refractivity contribution >= 4 is 17.0 Å². The summed E-state index contributed by atoms with van der Waals surface area (Å²) >= 11 is 0. The molecule has 1 aromatic carbocycles. The zero-order valence-electron chi connectivity index (χ0n) is 14.7. The third kappa shape index (κ3) is 4.30. The number of rotatable bonds is 8. The van der Waals surface area contributed by atoms with Crippen molar-refractivity contribution in [2.24, 2.45) is 5.92 Å². The third-order valence-corrected chi connectivity index (χ3v) is 3.80. The topological polar surface area (TPSA) is 88.8 Å². The molecule has 7 nitrogen and oxygen atoms in total. The lowest BCUT2D eigenvalue weighted by atomic mass is 10.1. The van der Waals surface area contributed by atoms with Crippen LogP contribution < -0.4 is 5.32 Å². The van der Waals surface area contributed by atoms with Crippen LogP contribution in [0.4, 0.5) is 5.82 Å². The van der Waals surface area contributed by atoms with Crippen LogP contribution in [0.5, 0.6) is 0 Å². The summed E-state index contributed by atoms with van der Waals surface area (Å²) in [5.74, 6) is 1.93. The molecule has 0 spiro atoms. The minimum Gasteiger partial charge on any atom is -0.396 e. The Morgan fingerprint density at radius 2 is 1.96 bits per heavy atom. The first kappa shape index (κ1) is 17.3. The SMILES string of the molecule is CC(C)Cc1nc(NCCCO)c2nnn(Cc3ccccc3)c2n1. The smallest absolute Gasteiger partial charge is 0.184 e. The highest BCUT2D eigenvalue weighted by atomic mass is 16.3. The van der Waals surface area contributed by atoms with E-state index in [1.54, 1.807) is 0 Å². The Labute approximate surface area is 147 Å². The van der Waals surface area contributed by atoms with E-state index in [4.69, 9.17) is 10.1 Å². The van der Waals surface area contributed by atoms with E-state index in [9.17, 15) is 0 Å². The van der Waals surface area contributed by atoms with E-state index in [2.05, 4.69) is 46.6 Å². The molecule has 2 heterocycles. The Bertz CT molecular complexity index is 815. The summed E-state index contributed by atoms with van der Waals surface area (Å²) < 4.78 is 1.81. The van der Waals surface area contributed by atoms with Crippen molar-refractivity contribution < 1.29 is 5.11 Å². The Kier molecular flexibility index (Phi) is 5.55. The molecule has 0 saturated heterocycles. The normalized spacial score (nSPS) is 11.4. The van der Waals surface area contributed by atoms with Crippen molar-refractivity contribution in [2.45, 2.75) is 33.2 Å². The van der Waals surface area contributed by atoms with Gasteiger partial charge in [-0.3, -0.25) is 0 Å². The van der Waals surface area contributed by atoms with Crippen LogP contribution in [0.25, 0.3) is 11.2 Å². The minimum absolute atomic E-state index is 0.140. The van der Waals surface area contributed by atoms with Crippen LogP contribution in [0.1, 0.15) is 31.7 Å². The van der Waals surface area contributed by atoms with Crippen molar-refractivity contribution in [1.82, 2.24) is 25.0 Å². The highest BCUT2D eigenvalue weighted by Gasteiger charge is 2.15. The molecule has 0 radical (unpaired) electrons. The lowest BCUT2D eigenvalue weighted by molar-refractivity contribution is 0.292. The molecule has 0 aliphatic rings. The van der Waals surface area contributed by atoms with Crippen molar-refractivity contribution in [1.29, 1.82) is 0 Å². The molecule has 0 bridgehead atoms. The van der Waals surface area contributed by atoms with Gasteiger partial charge in [0.1, 0.15) is 5.82 Å². The summed E-state index contributed by atoms with van der Waals surface area (Å²) in [6.07, 6.45) is 1.45. The number of hydrogen-bond donors (Lipinski definition) is 2. The fourth-order valence-electron chi connectivity index (χ4n) is 2.63. The summed E-state index contributed by atoms with van der Waals surface area (Å²) in [5.41, 5.74) is 2.55. The van der Waals surface area contributed by atoms with Gasteiger partial charge in [0, 0.05) is 19.6 Å². The summed E-state index contributed by atoms with van der Waals surface area (Å²) in [4.78, 5) is 9.31. The van der Waals surface area contributed by atoms with Crippen molar-refractivity contribution in [3.05, 3.63) is 41.7 Å². The lowest BCUT2D eigenvalue weighted by Crippen LogP contribution is -2.10. The van der Waals surface area contributed by atoms with Crippen LogP contribution in [0.15, 0.2) is 30.3 Å². The molecule has 0 unspecified atom stereocenters. The van der Waals surface area contributed by atoms with Crippen LogP contribution in [0.3, 0.4) is 0 Å². The molecular weight excluding hydrogens is 316 g/mol. The van der Waals surface area contributed by atoms with Gasteiger partial charge in [-0.05, 0) is 17.9 Å². The first-order chi connectivity index (χ1) is 12.2. The molecular formula is C18H24N6O. The molecule has 25 heavy (non-hydrogen) atoms. The van der Waals surface area contributed by atoms with Crippen LogP contribution in [-0.4, -0.2) is 43.2 Å². The molecule has 7 heteroatoms. The van der Waals surface area contributed by atoms with Crippen molar-refractivity contribution in [2.75, 3.05) is 18.5 Å². The van der Waals surface area contributed by atoms with Crippen LogP contribution in [0, 0.1) is 5.92 Å². The fourth-order valence-corrected chi connectivity index (χ4v) is 2.63. The maximum atomic E-state index is 8.99. The average Bonchev–Trinajstić information content (AvgIpc) is 2.98. The number of fused-ring (bicyclic) bond motifs is 1. The Balaban J connectivity index is 1.97. The van der Waals surface area contributed by atoms with E-state index >= 15 is 0 Å². The van der Waals surface area contributed by atoms with E-state index in [-0.39, 0.29) is 6.61 Å². The lowest BCUT2D eigenvalue weighted by Gasteiger charge is -2.09. The van der Waals surface area contributed by atoms with Crippen LogP contribution in [-0.2, 0) is 13.0 Å². The van der Waals surface area contributed by atoms with Gasteiger partial charge in [-0.2, -0.15) is 0 Å². The summed E-state index contributed by atoms with van der Waals surface area (Å²) in [6.45, 7) is 5.68. The van der Waals surface area contributed by atoms with Gasteiger partial charge in [-0.1, -0.05) is 49.4 Å². The van der Waals surface area contributed by atoms with E-state index in [0.29, 0.717) is 36.8 Å². The second-order valence-corrected chi connectivity index (χ2v) is 6.50. The first-order valence-corrected chi connectivity index (χ1v) is 8.66. The number of aliphatic hydroxyl groups excluding tert-OH is 1. The maximum absolute atomic E-state index is 8.99. The molecule has 2 aromatic heterocycles. The number of nitrogens with one attached hydrogen (secondary N) is 1. The Morgan fingerprint density at radius 1 is 1.16 bits per heavy atom. The highest BCUT2D eigenvalue weighted by Crippen LogP contribution is 2.20. The van der Waals surface area contributed by atoms with Gasteiger partial charge in [-0.25, -0.2) is 14.6 Å². The van der Waals surface area contributed by atoms with Gasteiger partial charge in [-0.15, -0.1) is 5.10 Å². The predicted octanol–water partition coefficient (Wildman–Crippen LogP) is 2.26. The monoisotopic (exact) mass is 340 g/mol. The highest BCUT2D eigenvalue weighted by molar-refractivity contribution is 5.82. The van der Waals surface area contributed by atoms with Crippen molar-refractivity contribution in [3.63, 3.8) is 0 Å². The summed E-state index contributed by atoms with van der Waals surface area (Å²) in [5, 5.41) is 20.8. The van der Waals surface area contributed by atoms with Gasteiger partial charge in [0.05, 0.1) is 6.54 Å². The molecule has 3 rings (SSSR count). The average molecular weight is 340 g/mol. The molecule has 0 aliphatic carbocycles. The van der Waals surface area contributed by atoms with E-state index < -0.39 is 0 Å². The number of nitrogens with zero attached hydrogens (tertiary/aromatic N) is 5. The molecule has 0 fully saturated rings. The number of hydrogen-bond acceptors (Lipinski definition) is 6. The standard InChI is InChI=1S/C18H24N6O/c1-13(2)11-15-20-17(19-9-6-10-25)16-18(21-15)24(23-22-16)12-14-7-4-3-5-8-14/h3-5,7-8,13,25H,6,9-12H2,1-2H3,(H,19,20,21). The number of benzene rings is 1. The van der Waals surface area contributed by atoms with Gasteiger partial charge in [0.2, 0.25) is 0 Å². The largest absolute Gasteiger partial charge is 0.396 e. The molecule has 0 atom stereocenters. The van der Waals surface area contributed by atoms with E-state index in [1.165, 1.54) is 0 Å². The Morgan fingerprint density at radius 3 is 2.68 bits per heavy atom. The van der Waals surface area contributed by atoms with E-state index in [0.717, 1.165) is 23.5 Å². The molecule has 2 N–H and O–H groups in total. The Hall–Kier alpha value is -2.54. The molecule has 0 aliphatic heterocycles. The maximum Gasteiger partial charge on any atom is 0.184 e. The second kappa shape index (κ2) is 8.02. The number of aliphatic hydroxyl groups is 1. The van der Waals surface area contributed by atoms with E-state index in [1.807, 2.05) is 22.9 Å². The van der Waals surface area contributed by atoms with Gasteiger partial charge in [0.25, 0.3) is 0 Å². The molecule has 3 aromatic rings. The fraction of sp³-hybridized carbons (Fsp3) is 0.444. The van der Waals surface area contributed by atoms with Gasteiger partial charge < -0.3 is 10.4 Å². The quantitative estimate of drug-likeness (QED) is 0.612. The summed E-state index contributed by atoms with van der Waals surface area (Å²) in [7, 11) is 0. The predicted molar refractivity (Wildman–Crippen MR) is 97.4 cm³/mol. The van der Waals surface area contributed by atoms with Gasteiger partial charge in [0.15, 0.2) is 17.0 Å². The molecule has 0 amide bonds. The minimum atomic E-state index is 0.140.